The number of hydrogen-bond acceptors (Lipinski definition) is 3. The van der Waals surface area contributed by atoms with Crippen LogP contribution in [0, 0.1) is 0 Å². The first-order chi connectivity index (χ1) is 10.9. The molecule has 2 rings (SSSR count). The molecule has 1 N–H and O–H groups in total. The molecule has 0 saturated carbocycles. The number of carbonyl (C=O) groups is 3. The molecule has 1 aromatic rings. The van der Waals surface area contributed by atoms with E-state index in [1.54, 1.807) is 43.0 Å². The van der Waals surface area contributed by atoms with Gasteiger partial charge in [0, 0.05) is 42.8 Å². The molecule has 0 aliphatic carbocycles. The van der Waals surface area contributed by atoms with Crippen LogP contribution in [-0.2, 0) is 9.59 Å². The number of nitrogens with zero attached hydrogens (tertiary/aromatic N) is 2. The van der Waals surface area contributed by atoms with E-state index in [1.807, 2.05) is 0 Å². The molecule has 23 heavy (non-hydrogen) atoms. The number of carbonyl (C=O) groups excluding carboxylic acids is 3. The Balaban J connectivity index is 1.90. The molecule has 124 valence electrons. The van der Waals surface area contributed by atoms with E-state index in [9.17, 15) is 14.4 Å². The number of amides is 3. The van der Waals surface area contributed by atoms with Crippen LogP contribution >= 0.6 is 11.6 Å². The minimum Gasteiger partial charge on any atom is -0.346 e. The Bertz CT molecular complexity index is 593. The summed E-state index contributed by atoms with van der Waals surface area (Å²) in [6, 6.07) is 6.62. The minimum absolute atomic E-state index is 0.0841. The Morgan fingerprint density at radius 1 is 1.00 bits per heavy atom. The lowest BCUT2D eigenvalue weighted by Crippen LogP contribution is -2.54. The number of benzene rings is 1. The van der Waals surface area contributed by atoms with Gasteiger partial charge in [-0.1, -0.05) is 11.6 Å². The molecule has 1 saturated heterocycles. The van der Waals surface area contributed by atoms with Crippen molar-refractivity contribution in [3.63, 3.8) is 0 Å². The number of rotatable bonds is 2. The van der Waals surface area contributed by atoms with Crippen LogP contribution in [0.4, 0.5) is 0 Å². The highest BCUT2D eigenvalue weighted by Gasteiger charge is 2.28. The second kappa shape index (κ2) is 7.46. The predicted molar refractivity (Wildman–Crippen MR) is 87.2 cm³/mol. The lowest BCUT2D eigenvalue weighted by atomic mass is 10.2. The zero-order chi connectivity index (χ0) is 17.0. The summed E-state index contributed by atoms with van der Waals surface area (Å²) in [7, 11) is 0. The number of piperazine rings is 1. The summed E-state index contributed by atoms with van der Waals surface area (Å²) in [5.74, 6) is -1.24. The fraction of sp³-hybridized carbons (Fsp3) is 0.438. The van der Waals surface area contributed by atoms with Crippen molar-refractivity contribution in [2.24, 2.45) is 0 Å². The summed E-state index contributed by atoms with van der Waals surface area (Å²) in [6.45, 7) is 5.11. The first-order valence-electron chi connectivity index (χ1n) is 7.53. The fourth-order valence-electron chi connectivity index (χ4n) is 2.36. The molecular weight excluding hydrogens is 318 g/mol. The number of nitrogens with one attached hydrogen (secondary N) is 1. The van der Waals surface area contributed by atoms with Crippen molar-refractivity contribution in [1.29, 1.82) is 0 Å². The number of halogens is 1. The van der Waals surface area contributed by atoms with Crippen molar-refractivity contribution in [1.82, 2.24) is 15.1 Å². The third kappa shape index (κ3) is 4.45. The van der Waals surface area contributed by atoms with Crippen LogP contribution in [0.15, 0.2) is 24.3 Å². The van der Waals surface area contributed by atoms with Gasteiger partial charge >= 0.3 is 11.8 Å². The molecule has 0 unspecified atom stereocenters. The Hall–Kier alpha value is -2.08. The lowest BCUT2D eigenvalue weighted by molar-refractivity contribution is -0.147. The van der Waals surface area contributed by atoms with Crippen molar-refractivity contribution >= 4 is 29.3 Å². The quantitative estimate of drug-likeness (QED) is 0.823. The molecular formula is C16H20ClN3O3. The minimum atomic E-state index is -0.600. The van der Waals surface area contributed by atoms with Crippen LogP contribution in [0.5, 0.6) is 0 Å². The van der Waals surface area contributed by atoms with Gasteiger partial charge in [-0.25, -0.2) is 0 Å². The van der Waals surface area contributed by atoms with Crippen LogP contribution in [0.3, 0.4) is 0 Å². The zero-order valence-electron chi connectivity index (χ0n) is 13.2. The van der Waals surface area contributed by atoms with E-state index in [-0.39, 0.29) is 11.9 Å². The summed E-state index contributed by atoms with van der Waals surface area (Å²) in [6.07, 6.45) is 0. The molecule has 0 radical (unpaired) electrons. The molecule has 1 aliphatic heterocycles. The van der Waals surface area contributed by atoms with Gasteiger partial charge in [0.2, 0.25) is 0 Å². The Labute approximate surface area is 140 Å². The van der Waals surface area contributed by atoms with E-state index in [1.165, 1.54) is 4.90 Å². The molecule has 0 bridgehead atoms. The van der Waals surface area contributed by atoms with Crippen molar-refractivity contribution in [2.75, 3.05) is 26.2 Å². The topological polar surface area (TPSA) is 69.7 Å². The van der Waals surface area contributed by atoms with Crippen molar-refractivity contribution in [3.05, 3.63) is 34.9 Å². The second-order valence-electron chi connectivity index (χ2n) is 5.72. The highest BCUT2D eigenvalue weighted by Crippen LogP contribution is 2.13. The van der Waals surface area contributed by atoms with Gasteiger partial charge in [-0.2, -0.15) is 0 Å². The maximum Gasteiger partial charge on any atom is 0.312 e. The molecule has 1 aliphatic rings. The van der Waals surface area contributed by atoms with Crippen LogP contribution in [0.25, 0.3) is 0 Å². The predicted octanol–water partition coefficient (Wildman–Crippen LogP) is 1.15. The molecule has 7 heteroatoms. The zero-order valence-corrected chi connectivity index (χ0v) is 14.0. The largest absolute Gasteiger partial charge is 0.346 e. The smallest absolute Gasteiger partial charge is 0.312 e. The van der Waals surface area contributed by atoms with Crippen LogP contribution in [-0.4, -0.2) is 59.7 Å². The third-order valence-corrected chi connectivity index (χ3v) is 3.81. The van der Waals surface area contributed by atoms with Gasteiger partial charge < -0.3 is 15.1 Å². The molecule has 0 atom stereocenters. The molecule has 1 aromatic carbocycles. The summed E-state index contributed by atoms with van der Waals surface area (Å²) >= 11 is 5.81. The van der Waals surface area contributed by atoms with E-state index < -0.39 is 11.8 Å². The third-order valence-electron chi connectivity index (χ3n) is 3.56. The van der Waals surface area contributed by atoms with Gasteiger partial charge in [0.1, 0.15) is 0 Å². The normalized spacial score (nSPS) is 14.8. The average molecular weight is 338 g/mol. The van der Waals surface area contributed by atoms with Crippen LogP contribution in [0.1, 0.15) is 24.2 Å². The maximum absolute atomic E-state index is 12.4. The Kier molecular flexibility index (Phi) is 5.60. The first-order valence-corrected chi connectivity index (χ1v) is 7.91. The van der Waals surface area contributed by atoms with Crippen molar-refractivity contribution in [2.45, 2.75) is 19.9 Å². The van der Waals surface area contributed by atoms with E-state index in [0.717, 1.165) is 0 Å². The Morgan fingerprint density at radius 2 is 1.52 bits per heavy atom. The average Bonchev–Trinajstić information content (AvgIpc) is 2.53. The van der Waals surface area contributed by atoms with Gasteiger partial charge in [-0.15, -0.1) is 0 Å². The van der Waals surface area contributed by atoms with Gasteiger partial charge in [0.05, 0.1) is 0 Å². The SMILES string of the molecule is CC(C)NC(=O)C(=O)N1CCN(C(=O)c2ccc(Cl)cc2)CC1. The van der Waals surface area contributed by atoms with Gasteiger partial charge in [-0.3, -0.25) is 14.4 Å². The van der Waals surface area contributed by atoms with Crippen molar-refractivity contribution in [3.8, 4) is 0 Å². The molecule has 3 amide bonds. The van der Waals surface area contributed by atoms with E-state index in [2.05, 4.69) is 5.32 Å². The van der Waals surface area contributed by atoms with Gasteiger partial charge in [0.15, 0.2) is 0 Å². The molecule has 0 aromatic heterocycles. The van der Waals surface area contributed by atoms with Gasteiger partial charge in [-0.05, 0) is 38.1 Å². The van der Waals surface area contributed by atoms with Crippen molar-refractivity contribution < 1.29 is 14.4 Å². The summed E-state index contributed by atoms with van der Waals surface area (Å²) in [5.41, 5.74) is 0.562. The van der Waals surface area contributed by atoms with E-state index in [4.69, 9.17) is 11.6 Å². The molecule has 0 spiro atoms. The highest BCUT2D eigenvalue weighted by molar-refractivity contribution is 6.35. The standard InChI is InChI=1S/C16H20ClN3O3/c1-11(2)18-14(21)16(23)20-9-7-19(8-10-20)15(22)12-3-5-13(17)6-4-12/h3-6,11H,7-10H2,1-2H3,(H,18,21). The van der Waals surface area contributed by atoms with E-state index in [0.29, 0.717) is 36.8 Å². The van der Waals surface area contributed by atoms with Crippen LogP contribution < -0.4 is 5.32 Å². The summed E-state index contributed by atoms with van der Waals surface area (Å²) in [4.78, 5) is 39.3. The molecule has 1 heterocycles. The number of hydrogen-bond donors (Lipinski definition) is 1. The highest BCUT2D eigenvalue weighted by atomic mass is 35.5. The fourth-order valence-corrected chi connectivity index (χ4v) is 2.48. The first kappa shape index (κ1) is 17.3. The Morgan fingerprint density at radius 3 is 2.04 bits per heavy atom. The summed E-state index contributed by atoms with van der Waals surface area (Å²) in [5, 5.41) is 3.16. The maximum atomic E-state index is 12.4. The van der Waals surface area contributed by atoms with E-state index >= 15 is 0 Å². The second-order valence-corrected chi connectivity index (χ2v) is 6.16. The molecule has 6 nitrogen and oxygen atoms in total. The monoisotopic (exact) mass is 337 g/mol. The summed E-state index contributed by atoms with van der Waals surface area (Å²) < 4.78 is 0. The lowest BCUT2D eigenvalue weighted by Gasteiger charge is -2.34. The molecule has 1 fully saturated rings. The van der Waals surface area contributed by atoms with Gasteiger partial charge in [0.25, 0.3) is 5.91 Å². The van der Waals surface area contributed by atoms with Crippen LogP contribution in [0.2, 0.25) is 5.02 Å².